The van der Waals surface area contributed by atoms with Gasteiger partial charge in [-0.3, -0.25) is 4.79 Å². The third kappa shape index (κ3) is 4.25. The number of thioether (sulfide) groups is 2. The van der Waals surface area contributed by atoms with Gasteiger partial charge < -0.3 is 10.1 Å². The quantitative estimate of drug-likeness (QED) is 0.875. The summed E-state index contributed by atoms with van der Waals surface area (Å²) in [7, 11) is 0. The number of hydrogen-bond donors (Lipinski definition) is 1. The van der Waals surface area contributed by atoms with Gasteiger partial charge in [0.15, 0.2) is 6.61 Å². The predicted octanol–water partition coefficient (Wildman–Crippen LogP) is 4.05. The second-order valence-electron chi connectivity index (χ2n) is 5.14. The number of hydrogen-bond acceptors (Lipinski definition) is 5. The van der Waals surface area contributed by atoms with E-state index in [1.165, 1.54) is 5.56 Å². The van der Waals surface area contributed by atoms with Gasteiger partial charge in [0, 0.05) is 17.2 Å². The van der Waals surface area contributed by atoms with Crippen molar-refractivity contribution in [2.75, 3.05) is 23.4 Å². The highest BCUT2D eigenvalue weighted by atomic mass is 32.2. The first kappa shape index (κ1) is 16.7. The lowest BCUT2D eigenvalue weighted by molar-refractivity contribution is -0.118. The Morgan fingerprint density at radius 3 is 2.79 bits per heavy atom. The number of carbonyl (C=O) groups is 1. The molecule has 0 aromatic heterocycles. The first-order valence-electron chi connectivity index (χ1n) is 7.51. The fraction of sp³-hybridized carbons (Fsp3) is 0.222. The van der Waals surface area contributed by atoms with E-state index in [1.807, 2.05) is 47.8 Å². The Morgan fingerprint density at radius 1 is 1.21 bits per heavy atom. The lowest BCUT2D eigenvalue weighted by Gasteiger charge is -2.12. The van der Waals surface area contributed by atoms with Crippen LogP contribution in [0.3, 0.4) is 0 Å². The summed E-state index contributed by atoms with van der Waals surface area (Å²) in [6.45, 7) is -0.129. The average molecular weight is 356 g/mol. The molecule has 1 fully saturated rings. The van der Waals surface area contributed by atoms with E-state index in [4.69, 9.17) is 10.00 Å². The van der Waals surface area contributed by atoms with Gasteiger partial charge >= 0.3 is 0 Å². The molecule has 0 radical (unpaired) electrons. The van der Waals surface area contributed by atoms with Crippen molar-refractivity contribution in [2.45, 2.75) is 4.58 Å². The zero-order chi connectivity index (χ0) is 16.8. The molecule has 6 heteroatoms. The van der Waals surface area contributed by atoms with E-state index in [2.05, 4.69) is 11.4 Å². The van der Waals surface area contributed by atoms with Crippen LogP contribution in [0.5, 0.6) is 5.75 Å². The minimum Gasteiger partial charge on any atom is -0.482 e. The number of para-hydroxylation sites is 1. The SMILES string of the molecule is N#Cc1ccccc1OCC(=O)Nc1cccc(C2SCCS2)c1. The number of carbonyl (C=O) groups excluding carboxylic acids is 1. The van der Waals surface area contributed by atoms with Gasteiger partial charge in [-0.15, -0.1) is 23.5 Å². The highest BCUT2D eigenvalue weighted by molar-refractivity contribution is 8.19. The van der Waals surface area contributed by atoms with Gasteiger partial charge in [0.25, 0.3) is 5.91 Å². The van der Waals surface area contributed by atoms with Gasteiger partial charge in [0.2, 0.25) is 0 Å². The molecule has 0 spiro atoms. The van der Waals surface area contributed by atoms with Crippen molar-refractivity contribution in [2.24, 2.45) is 0 Å². The molecule has 1 aliphatic rings. The molecule has 122 valence electrons. The van der Waals surface area contributed by atoms with Crippen molar-refractivity contribution in [3.63, 3.8) is 0 Å². The van der Waals surface area contributed by atoms with Gasteiger partial charge in [-0.05, 0) is 29.8 Å². The Balaban J connectivity index is 1.59. The van der Waals surface area contributed by atoms with Crippen LogP contribution in [0, 0.1) is 11.3 Å². The lowest BCUT2D eigenvalue weighted by Crippen LogP contribution is -2.20. The molecule has 0 unspecified atom stereocenters. The van der Waals surface area contributed by atoms with E-state index < -0.39 is 0 Å². The number of ether oxygens (including phenoxy) is 1. The normalized spacial score (nSPS) is 14.1. The van der Waals surface area contributed by atoms with Gasteiger partial charge in [0.05, 0.1) is 10.1 Å². The van der Waals surface area contributed by atoms with Crippen molar-refractivity contribution < 1.29 is 9.53 Å². The molecule has 1 N–H and O–H groups in total. The maximum Gasteiger partial charge on any atom is 0.262 e. The van der Waals surface area contributed by atoms with Crippen LogP contribution in [-0.2, 0) is 4.79 Å². The molecule has 4 nitrogen and oxygen atoms in total. The van der Waals surface area contributed by atoms with Crippen molar-refractivity contribution in [1.82, 2.24) is 0 Å². The van der Waals surface area contributed by atoms with E-state index in [0.717, 1.165) is 17.2 Å². The molecule has 0 saturated carbocycles. The molecule has 0 aliphatic carbocycles. The molecule has 24 heavy (non-hydrogen) atoms. The van der Waals surface area contributed by atoms with E-state index in [0.29, 0.717) is 15.9 Å². The standard InChI is InChI=1S/C18H16N2O2S2/c19-11-14-4-1-2-7-16(14)22-12-17(21)20-15-6-3-5-13(10-15)18-23-8-9-24-18/h1-7,10,18H,8-9,12H2,(H,20,21). The fourth-order valence-electron chi connectivity index (χ4n) is 2.34. The lowest BCUT2D eigenvalue weighted by atomic mass is 10.2. The summed E-state index contributed by atoms with van der Waals surface area (Å²) in [6, 6.07) is 16.8. The Morgan fingerprint density at radius 2 is 2.00 bits per heavy atom. The van der Waals surface area contributed by atoms with E-state index in [1.54, 1.807) is 24.3 Å². The summed E-state index contributed by atoms with van der Waals surface area (Å²) >= 11 is 3.86. The van der Waals surface area contributed by atoms with Crippen LogP contribution in [0.2, 0.25) is 0 Å². The largest absolute Gasteiger partial charge is 0.482 e. The molecule has 1 aliphatic heterocycles. The first-order valence-corrected chi connectivity index (χ1v) is 9.61. The topological polar surface area (TPSA) is 62.1 Å². The number of nitrogens with one attached hydrogen (secondary N) is 1. The zero-order valence-corrected chi connectivity index (χ0v) is 14.5. The van der Waals surface area contributed by atoms with Gasteiger partial charge in [-0.1, -0.05) is 24.3 Å². The molecule has 2 aromatic rings. The van der Waals surface area contributed by atoms with Crippen molar-refractivity contribution in [3.8, 4) is 11.8 Å². The molecule has 1 saturated heterocycles. The summed E-state index contributed by atoms with van der Waals surface area (Å²) in [5.74, 6) is 2.50. The number of benzene rings is 2. The van der Waals surface area contributed by atoms with Crippen LogP contribution < -0.4 is 10.1 Å². The van der Waals surface area contributed by atoms with Gasteiger partial charge in [-0.25, -0.2) is 0 Å². The number of anilines is 1. The molecule has 1 amide bonds. The summed E-state index contributed by atoms with van der Waals surface area (Å²) in [5, 5.41) is 11.9. The molecule has 0 bridgehead atoms. The smallest absolute Gasteiger partial charge is 0.262 e. The summed E-state index contributed by atoms with van der Waals surface area (Å²) in [6.07, 6.45) is 0. The average Bonchev–Trinajstić information content (AvgIpc) is 3.15. The Hall–Kier alpha value is -2.10. The van der Waals surface area contributed by atoms with Crippen LogP contribution in [0.4, 0.5) is 5.69 Å². The Labute approximate surface area is 149 Å². The second-order valence-corrected chi connectivity index (χ2v) is 7.87. The maximum absolute atomic E-state index is 12.1. The van der Waals surface area contributed by atoms with Crippen LogP contribution in [0.15, 0.2) is 48.5 Å². The van der Waals surface area contributed by atoms with Crippen LogP contribution in [-0.4, -0.2) is 24.0 Å². The summed E-state index contributed by atoms with van der Waals surface area (Å²) in [5.41, 5.74) is 2.40. The number of nitriles is 1. The second kappa shape index (κ2) is 8.13. The minimum atomic E-state index is -0.244. The van der Waals surface area contributed by atoms with Crippen molar-refractivity contribution in [1.29, 1.82) is 5.26 Å². The third-order valence-electron chi connectivity index (χ3n) is 3.43. The fourth-order valence-corrected chi connectivity index (χ4v) is 5.18. The van der Waals surface area contributed by atoms with E-state index >= 15 is 0 Å². The first-order chi connectivity index (χ1) is 11.8. The number of rotatable bonds is 5. The number of nitrogens with zero attached hydrogens (tertiary/aromatic N) is 1. The minimum absolute atomic E-state index is 0.129. The third-order valence-corrected chi connectivity index (χ3v) is 6.54. The zero-order valence-electron chi connectivity index (χ0n) is 12.9. The van der Waals surface area contributed by atoms with E-state index in [9.17, 15) is 4.79 Å². The molecular weight excluding hydrogens is 340 g/mol. The Bertz CT molecular complexity index is 768. The summed E-state index contributed by atoms with van der Waals surface area (Å²) < 4.78 is 5.89. The van der Waals surface area contributed by atoms with Crippen LogP contribution in [0.25, 0.3) is 0 Å². The van der Waals surface area contributed by atoms with Crippen molar-refractivity contribution in [3.05, 3.63) is 59.7 Å². The highest BCUT2D eigenvalue weighted by Crippen LogP contribution is 2.45. The maximum atomic E-state index is 12.1. The van der Waals surface area contributed by atoms with Gasteiger partial charge in [0.1, 0.15) is 11.8 Å². The van der Waals surface area contributed by atoms with E-state index in [-0.39, 0.29) is 12.5 Å². The summed E-state index contributed by atoms with van der Waals surface area (Å²) in [4.78, 5) is 12.1. The molecule has 0 atom stereocenters. The molecule has 1 heterocycles. The van der Waals surface area contributed by atoms with Crippen LogP contribution >= 0.6 is 23.5 Å². The highest BCUT2D eigenvalue weighted by Gasteiger charge is 2.18. The predicted molar refractivity (Wildman–Crippen MR) is 99.4 cm³/mol. The molecule has 2 aromatic carbocycles. The molecular formula is C18H16N2O2S2. The Kier molecular flexibility index (Phi) is 5.68. The van der Waals surface area contributed by atoms with Crippen LogP contribution in [0.1, 0.15) is 15.7 Å². The molecule has 3 rings (SSSR count). The van der Waals surface area contributed by atoms with Gasteiger partial charge in [-0.2, -0.15) is 5.26 Å². The monoisotopic (exact) mass is 356 g/mol. The number of amides is 1. The van der Waals surface area contributed by atoms with Crippen molar-refractivity contribution >= 4 is 35.1 Å².